The SMILES string of the molecule is CC(Oc1ccc2[nH]nc(-c3nc4c([nH]3)CN(S(=O)(=O)C(C)C)C4)c2c1)c1c(Cl)cncc1Cl. The number of nitrogens with zero attached hydrogens (tertiary/aromatic N) is 4. The monoisotopic (exact) mass is 520 g/mol. The minimum absolute atomic E-state index is 0.244. The van der Waals surface area contributed by atoms with E-state index >= 15 is 0 Å². The van der Waals surface area contributed by atoms with Gasteiger partial charge in [0, 0.05) is 23.3 Å². The topological polar surface area (TPSA) is 117 Å². The number of aromatic nitrogens is 5. The van der Waals surface area contributed by atoms with E-state index in [4.69, 9.17) is 27.9 Å². The van der Waals surface area contributed by atoms with Gasteiger partial charge in [0.05, 0.1) is 45.3 Å². The molecule has 34 heavy (non-hydrogen) atoms. The van der Waals surface area contributed by atoms with Gasteiger partial charge in [-0.1, -0.05) is 23.2 Å². The fourth-order valence-corrected chi connectivity index (χ4v) is 5.90. The van der Waals surface area contributed by atoms with Crippen molar-refractivity contribution < 1.29 is 13.2 Å². The van der Waals surface area contributed by atoms with Gasteiger partial charge in [0.2, 0.25) is 10.0 Å². The van der Waals surface area contributed by atoms with Crippen LogP contribution >= 0.6 is 23.2 Å². The molecule has 0 amide bonds. The smallest absolute Gasteiger partial charge is 0.217 e. The molecule has 12 heteroatoms. The summed E-state index contributed by atoms with van der Waals surface area (Å²) in [5, 5.41) is 8.63. The van der Waals surface area contributed by atoms with Gasteiger partial charge in [-0.2, -0.15) is 9.40 Å². The van der Waals surface area contributed by atoms with Gasteiger partial charge in [-0.15, -0.1) is 0 Å². The number of halogens is 2. The number of aromatic amines is 2. The summed E-state index contributed by atoms with van der Waals surface area (Å²) in [5.74, 6) is 1.18. The van der Waals surface area contributed by atoms with E-state index in [1.54, 1.807) is 13.8 Å². The van der Waals surface area contributed by atoms with Gasteiger partial charge in [-0.25, -0.2) is 13.4 Å². The van der Waals surface area contributed by atoms with Crippen molar-refractivity contribution in [1.29, 1.82) is 0 Å². The number of imidazole rings is 1. The maximum Gasteiger partial charge on any atom is 0.217 e. The highest BCUT2D eigenvalue weighted by Crippen LogP contribution is 2.35. The van der Waals surface area contributed by atoms with Gasteiger partial charge < -0.3 is 9.72 Å². The number of hydrogen-bond donors (Lipinski definition) is 2. The highest BCUT2D eigenvalue weighted by atomic mass is 35.5. The van der Waals surface area contributed by atoms with Crippen LogP contribution in [0.15, 0.2) is 30.6 Å². The lowest BCUT2D eigenvalue weighted by Gasteiger charge is -2.18. The van der Waals surface area contributed by atoms with Crippen LogP contribution in [0.4, 0.5) is 0 Å². The highest BCUT2D eigenvalue weighted by molar-refractivity contribution is 7.89. The van der Waals surface area contributed by atoms with Crippen molar-refractivity contribution in [2.75, 3.05) is 0 Å². The van der Waals surface area contributed by atoms with E-state index in [2.05, 4.69) is 25.1 Å². The van der Waals surface area contributed by atoms with Crippen LogP contribution in [0, 0.1) is 0 Å². The lowest BCUT2D eigenvalue weighted by molar-refractivity contribution is 0.227. The Morgan fingerprint density at radius 1 is 1.12 bits per heavy atom. The van der Waals surface area contributed by atoms with Gasteiger partial charge in [0.1, 0.15) is 17.5 Å². The van der Waals surface area contributed by atoms with E-state index in [0.29, 0.717) is 38.6 Å². The summed E-state index contributed by atoms with van der Waals surface area (Å²) in [6.07, 6.45) is 2.66. The molecule has 0 saturated carbocycles. The third-order valence-corrected chi connectivity index (χ3v) is 8.62. The Kier molecular flexibility index (Phi) is 5.79. The second-order valence-corrected chi connectivity index (χ2v) is 11.7. The number of pyridine rings is 1. The Balaban J connectivity index is 1.42. The van der Waals surface area contributed by atoms with Gasteiger partial charge >= 0.3 is 0 Å². The normalized spacial score (nSPS) is 15.2. The molecule has 1 aliphatic rings. The third-order valence-electron chi connectivity index (χ3n) is 5.85. The lowest BCUT2D eigenvalue weighted by atomic mass is 10.1. The van der Waals surface area contributed by atoms with Gasteiger partial charge in [0.15, 0.2) is 5.82 Å². The molecule has 0 fully saturated rings. The number of fused-ring (bicyclic) bond motifs is 2. The summed E-state index contributed by atoms with van der Waals surface area (Å²) in [4.78, 5) is 11.9. The Bertz CT molecular complexity index is 1450. The Morgan fingerprint density at radius 3 is 2.53 bits per heavy atom. The molecule has 4 heterocycles. The molecule has 0 bridgehead atoms. The molecule has 4 aromatic rings. The minimum Gasteiger partial charge on any atom is -0.486 e. The molecular weight excluding hydrogens is 499 g/mol. The largest absolute Gasteiger partial charge is 0.486 e. The average Bonchev–Trinajstić information content (AvgIpc) is 3.46. The Morgan fingerprint density at radius 2 is 1.85 bits per heavy atom. The predicted molar refractivity (Wildman–Crippen MR) is 130 cm³/mol. The number of nitrogens with one attached hydrogen (secondary N) is 2. The predicted octanol–water partition coefficient (Wildman–Crippen LogP) is 4.85. The maximum absolute atomic E-state index is 12.5. The van der Waals surface area contributed by atoms with Crippen molar-refractivity contribution in [3.63, 3.8) is 0 Å². The Labute approximate surface area is 206 Å². The van der Waals surface area contributed by atoms with Crippen molar-refractivity contribution in [2.45, 2.75) is 45.2 Å². The second kappa shape index (κ2) is 8.53. The molecule has 178 valence electrons. The zero-order valence-corrected chi connectivity index (χ0v) is 21.0. The van der Waals surface area contributed by atoms with Gasteiger partial charge in [-0.3, -0.25) is 10.1 Å². The summed E-state index contributed by atoms with van der Waals surface area (Å²) >= 11 is 12.5. The molecule has 9 nitrogen and oxygen atoms in total. The quantitative estimate of drug-likeness (QED) is 0.375. The fourth-order valence-electron chi connectivity index (χ4n) is 4.02. The number of benzene rings is 1. The first kappa shape index (κ1) is 23.1. The number of rotatable bonds is 6. The molecule has 1 atom stereocenters. The lowest BCUT2D eigenvalue weighted by Crippen LogP contribution is -2.32. The standard InChI is InChI=1S/C22H22Cl2N6O3S/c1-11(2)34(31,32)30-9-18-19(10-30)27-22(26-18)21-14-6-13(4-5-17(14)28-29-21)33-12(3)20-15(23)7-25-8-16(20)24/h4-8,11-12H,9-10H2,1-3H3,(H,26,27)(H,28,29). The second-order valence-electron chi connectivity index (χ2n) is 8.43. The molecule has 2 N–H and O–H groups in total. The van der Waals surface area contributed by atoms with E-state index in [-0.39, 0.29) is 13.1 Å². The number of H-pyrrole nitrogens is 2. The van der Waals surface area contributed by atoms with Crippen molar-refractivity contribution in [3.05, 3.63) is 57.6 Å². The number of hydrogen-bond acceptors (Lipinski definition) is 6. The summed E-state index contributed by atoms with van der Waals surface area (Å²) in [6.45, 7) is 5.72. The zero-order chi connectivity index (χ0) is 24.2. The molecule has 1 unspecified atom stereocenters. The third kappa shape index (κ3) is 3.94. The molecular formula is C22H22Cl2N6O3S. The van der Waals surface area contributed by atoms with Crippen LogP contribution in [-0.4, -0.2) is 43.1 Å². The zero-order valence-electron chi connectivity index (χ0n) is 18.6. The maximum atomic E-state index is 12.5. The molecule has 0 saturated heterocycles. The van der Waals surface area contributed by atoms with Crippen LogP contribution in [0.3, 0.4) is 0 Å². The molecule has 1 aliphatic heterocycles. The van der Waals surface area contributed by atoms with Crippen LogP contribution in [0.1, 0.15) is 43.8 Å². The fraction of sp³-hybridized carbons (Fsp3) is 0.318. The van der Waals surface area contributed by atoms with Crippen LogP contribution in [-0.2, 0) is 23.1 Å². The molecule has 0 spiro atoms. The molecule has 5 rings (SSSR count). The first-order valence-corrected chi connectivity index (χ1v) is 12.9. The minimum atomic E-state index is -3.35. The van der Waals surface area contributed by atoms with Gasteiger partial charge in [-0.05, 0) is 39.0 Å². The van der Waals surface area contributed by atoms with Crippen LogP contribution < -0.4 is 4.74 Å². The average molecular weight is 521 g/mol. The van der Waals surface area contributed by atoms with Crippen molar-refractivity contribution >= 4 is 44.1 Å². The van der Waals surface area contributed by atoms with Crippen molar-refractivity contribution in [2.24, 2.45) is 0 Å². The summed E-state index contributed by atoms with van der Waals surface area (Å²) < 4.78 is 32.5. The van der Waals surface area contributed by atoms with Crippen LogP contribution in [0.25, 0.3) is 22.4 Å². The van der Waals surface area contributed by atoms with E-state index in [1.165, 1.54) is 16.7 Å². The van der Waals surface area contributed by atoms with Crippen molar-refractivity contribution in [3.8, 4) is 17.3 Å². The van der Waals surface area contributed by atoms with Gasteiger partial charge in [0.25, 0.3) is 0 Å². The molecule has 0 aliphatic carbocycles. The van der Waals surface area contributed by atoms with E-state index in [1.807, 2.05) is 25.1 Å². The van der Waals surface area contributed by atoms with E-state index in [0.717, 1.165) is 16.6 Å². The summed E-state index contributed by atoms with van der Waals surface area (Å²) in [5.41, 5.74) is 3.59. The Hall–Kier alpha value is -2.66. The van der Waals surface area contributed by atoms with Crippen LogP contribution in [0.2, 0.25) is 10.0 Å². The van der Waals surface area contributed by atoms with E-state index < -0.39 is 21.4 Å². The first-order valence-electron chi connectivity index (χ1n) is 10.7. The molecule has 1 aromatic carbocycles. The highest BCUT2D eigenvalue weighted by Gasteiger charge is 2.34. The van der Waals surface area contributed by atoms with E-state index in [9.17, 15) is 8.42 Å². The summed E-state index contributed by atoms with van der Waals surface area (Å²) in [7, 11) is -3.35. The summed E-state index contributed by atoms with van der Waals surface area (Å²) in [6, 6.07) is 5.58. The molecule has 0 radical (unpaired) electrons. The number of ether oxygens (including phenoxy) is 1. The van der Waals surface area contributed by atoms with Crippen molar-refractivity contribution in [1.82, 2.24) is 29.5 Å². The van der Waals surface area contributed by atoms with Crippen LogP contribution in [0.5, 0.6) is 5.75 Å². The number of sulfonamides is 1. The molecule has 3 aromatic heterocycles. The first-order chi connectivity index (χ1) is 16.1.